The van der Waals surface area contributed by atoms with Crippen molar-refractivity contribution in [2.75, 3.05) is 13.2 Å². The van der Waals surface area contributed by atoms with Crippen molar-refractivity contribution in [3.8, 4) is 0 Å². The van der Waals surface area contributed by atoms with Gasteiger partial charge in [-0.2, -0.15) is 0 Å². The van der Waals surface area contributed by atoms with E-state index in [1.165, 1.54) is 16.7 Å². The van der Waals surface area contributed by atoms with Crippen molar-refractivity contribution in [2.24, 2.45) is 17.3 Å². The average Bonchev–Trinajstić information content (AvgIpc) is 2.95. The van der Waals surface area contributed by atoms with Gasteiger partial charge < -0.3 is 9.47 Å². The van der Waals surface area contributed by atoms with Gasteiger partial charge in [-0.1, -0.05) is 38.1 Å². The number of rotatable bonds is 1. The number of hydrogen-bond acceptors (Lipinski definition) is 3. The van der Waals surface area contributed by atoms with Crippen LogP contribution in [0.4, 0.5) is 0 Å². The van der Waals surface area contributed by atoms with Crippen LogP contribution < -0.4 is 0 Å². The molecule has 1 heterocycles. The number of fused-ring (bicyclic) bond motifs is 3. The van der Waals surface area contributed by atoms with Gasteiger partial charge in [-0.15, -0.1) is 0 Å². The van der Waals surface area contributed by atoms with Crippen molar-refractivity contribution in [3.63, 3.8) is 0 Å². The second kappa shape index (κ2) is 4.53. The monoisotopic (exact) mass is 298 g/mol. The summed E-state index contributed by atoms with van der Waals surface area (Å²) < 4.78 is 12.3. The minimum Gasteiger partial charge on any atom is -0.345 e. The lowest BCUT2D eigenvalue weighted by molar-refractivity contribution is -0.289. The molecule has 0 radical (unpaired) electrons. The number of carbonyl (C=O) groups is 1. The molecule has 2 atom stereocenters. The van der Waals surface area contributed by atoms with E-state index in [-0.39, 0.29) is 23.0 Å². The molecule has 1 aromatic carbocycles. The molecular weight excluding hydrogens is 276 g/mol. The number of ketones is 1. The van der Waals surface area contributed by atoms with Crippen molar-refractivity contribution in [1.82, 2.24) is 0 Å². The molecule has 1 saturated heterocycles. The zero-order valence-corrected chi connectivity index (χ0v) is 13.4. The van der Waals surface area contributed by atoms with Crippen molar-refractivity contribution >= 4 is 11.4 Å². The lowest BCUT2D eigenvalue weighted by Gasteiger charge is -2.44. The minimum atomic E-state index is -0.852. The van der Waals surface area contributed by atoms with E-state index >= 15 is 0 Å². The molecule has 116 valence electrons. The normalized spacial score (nSPS) is 30.8. The van der Waals surface area contributed by atoms with Crippen LogP contribution in [0.15, 0.2) is 30.3 Å². The first kappa shape index (κ1) is 14.2. The number of benzene rings is 1. The fourth-order valence-electron chi connectivity index (χ4n) is 4.12. The molecule has 1 aliphatic heterocycles. The molecule has 3 heteroatoms. The van der Waals surface area contributed by atoms with Gasteiger partial charge in [-0.25, -0.2) is 0 Å². The lowest BCUT2D eigenvalue weighted by atomic mass is 9.84. The summed E-state index contributed by atoms with van der Waals surface area (Å²) in [5.41, 5.74) is 3.82. The fourth-order valence-corrected chi connectivity index (χ4v) is 4.12. The summed E-state index contributed by atoms with van der Waals surface area (Å²) in [6.07, 6.45) is 2.99. The molecule has 2 aliphatic carbocycles. The van der Waals surface area contributed by atoms with Gasteiger partial charge in [0.1, 0.15) is 5.78 Å². The third-order valence-electron chi connectivity index (χ3n) is 5.18. The topological polar surface area (TPSA) is 35.5 Å². The van der Waals surface area contributed by atoms with E-state index in [2.05, 4.69) is 44.2 Å². The average molecular weight is 298 g/mol. The van der Waals surface area contributed by atoms with Crippen LogP contribution in [0.1, 0.15) is 31.9 Å². The molecule has 1 fully saturated rings. The number of ether oxygens (including phenoxy) is 2. The Kier molecular flexibility index (Phi) is 2.91. The Balaban J connectivity index is 1.77. The molecule has 0 unspecified atom stereocenters. The SMILES string of the molecule is CC(=O)[C@H]1[C@@H]2Cc3ccccc3C2=CC12OCC(C)(C)CO2. The standard InChI is InChI=1S/C19H22O3/c1-12(20)17-15-8-13-6-4-5-7-14(13)16(15)9-19(17)21-10-18(2,3)11-22-19/h4-7,9,15,17H,8,10-11H2,1-3H3/t15-,17+/m1/s1. The molecule has 3 nitrogen and oxygen atoms in total. The van der Waals surface area contributed by atoms with Crippen molar-refractivity contribution in [1.29, 1.82) is 0 Å². The van der Waals surface area contributed by atoms with Gasteiger partial charge >= 0.3 is 0 Å². The highest BCUT2D eigenvalue weighted by Crippen LogP contribution is 2.54. The van der Waals surface area contributed by atoms with E-state index in [0.717, 1.165) is 6.42 Å². The van der Waals surface area contributed by atoms with Crippen molar-refractivity contribution in [2.45, 2.75) is 33.0 Å². The summed E-state index contributed by atoms with van der Waals surface area (Å²) in [7, 11) is 0. The van der Waals surface area contributed by atoms with Gasteiger partial charge in [0.15, 0.2) is 5.79 Å². The Morgan fingerprint density at radius 1 is 1.18 bits per heavy atom. The summed E-state index contributed by atoms with van der Waals surface area (Å²) in [5.74, 6) is -0.736. The maximum Gasteiger partial charge on any atom is 0.198 e. The van der Waals surface area contributed by atoms with Crippen LogP contribution >= 0.6 is 0 Å². The van der Waals surface area contributed by atoms with E-state index in [9.17, 15) is 4.79 Å². The van der Waals surface area contributed by atoms with Crippen LogP contribution in [0.5, 0.6) is 0 Å². The Bertz CT molecular complexity index is 661. The molecule has 1 aromatic rings. The van der Waals surface area contributed by atoms with Gasteiger partial charge in [0.2, 0.25) is 0 Å². The highest BCUT2D eigenvalue weighted by molar-refractivity contribution is 5.89. The molecule has 0 aromatic heterocycles. The first-order valence-corrected chi connectivity index (χ1v) is 8.01. The molecule has 0 N–H and O–H groups in total. The van der Waals surface area contributed by atoms with Crippen LogP contribution in [-0.2, 0) is 20.7 Å². The number of carbonyl (C=O) groups excluding carboxylic acids is 1. The van der Waals surface area contributed by atoms with Gasteiger partial charge in [0.05, 0.1) is 19.1 Å². The van der Waals surface area contributed by atoms with E-state index < -0.39 is 5.79 Å². The van der Waals surface area contributed by atoms with E-state index in [1.54, 1.807) is 6.92 Å². The molecule has 22 heavy (non-hydrogen) atoms. The Hall–Kier alpha value is -1.45. The van der Waals surface area contributed by atoms with Crippen LogP contribution in [0.25, 0.3) is 5.57 Å². The van der Waals surface area contributed by atoms with Gasteiger partial charge in [-0.3, -0.25) is 4.79 Å². The number of Topliss-reactive ketones (excluding diaryl/α,β-unsaturated/α-hetero) is 1. The van der Waals surface area contributed by atoms with Crippen LogP contribution in [-0.4, -0.2) is 24.8 Å². The molecular formula is C19H22O3. The van der Waals surface area contributed by atoms with E-state index in [1.807, 2.05) is 0 Å². The second-order valence-electron chi connectivity index (χ2n) is 7.62. The predicted octanol–water partition coefficient (Wildman–Crippen LogP) is 3.23. The van der Waals surface area contributed by atoms with Crippen LogP contribution in [0, 0.1) is 17.3 Å². The summed E-state index contributed by atoms with van der Waals surface area (Å²) >= 11 is 0. The molecule has 3 aliphatic rings. The molecule has 0 amide bonds. The molecule has 4 rings (SSSR count). The molecule has 0 bridgehead atoms. The first-order chi connectivity index (χ1) is 10.4. The Morgan fingerprint density at radius 3 is 2.55 bits per heavy atom. The third-order valence-corrected chi connectivity index (χ3v) is 5.18. The van der Waals surface area contributed by atoms with E-state index in [0.29, 0.717) is 13.2 Å². The second-order valence-corrected chi connectivity index (χ2v) is 7.62. The quantitative estimate of drug-likeness (QED) is 0.798. The third kappa shape index (κ3) is 1.92. The van der Waals surface area contributed by atoms with Crippen molar-refractivity contribution < 1.29 is 14.3 Å². The van der Waals surface area contributed by atoms with Gasteiger partial charge in [0, 0.05) is 11.3 Å². The first-order valence-electron chi connectivity index (χ1n) is 8.01. The maximum absolute atomic E-state index is 12.4. The zero-order valence-electron chi connectivity index (χ0n) is 13.4. The van der Waals surface area contributed by atoms with E-state index in [4.69, 9.17) is 9.47 Å². The predicted molar refractivity (Wildman–Crippen MR) is 84.2 cm³/mol. The van der Waals surface area contributed by atoms with Crippen molar-refractivity contribution in [3.05, 3.63) is 41.5 Å². The highest BCUT2D eigenvalue weighted by atomic mass is 16.7. The Labute approximate surface area is 131 Å². The largest absolute Gasteiger partial charge is 0.345 e. The summed E-state index contributed by atoms with van der Waals surface area (Å²) in [5, 5.41) is 0. The summed E-state index contributed by atoms with van der Waals surface area (Å²) in [4.78, 5) is 12.4. The minimum absolute atomic E-state index is 0.000698. The lowest BCUT2D eigenvalue weighted by Crippen LogP contribution is -2.52. The maximum atomic E-state index is 12.4. The number of hydrogen-bond donors (Lipinski definition) is 0. The van der Waals surface area contributed by atoms with Crippen LogP contribution in [0.3, 0.4) is 0 Å². The fraction of sp³-hybridized carbons (Fsp3) is 0.526. The van der Waals surface area contributed by atoms with Crippen LogP contribution in [0.2, 0.25) is 0 Å². The zero-order chi connectivity index (χ0) is 15.5. The molecule has 1 spiro atoms. The number of allylic oxidation sites excluding steroid dienone is 1. The molecule has 0 saturated carbocycles. The summed E-state index contributed by atoms with van der Waals surface area (Å²) in [6.45, 7) is 7.16. The van der Waals surface area contributed by atoms with Gasteiger partial charge in [0.25, 0.3) is 0 Å². The smallest absolute Gasteiger partial charge is 0.198 e. The van der Waals surface area contributed by atoms with Gasteiger partial charge in [-0.05, 0) is 36.1 Å². The summed E-state index contributed by atoms with van der Waals surface area (Å²) in [6, 6.07) is 8.42. The Morgan fingerprint density at radius 2 is 1.86 bits per heavy atom. The highest BCUT2D eigenvalue weighted by Gasteiger charge is 2.57.